The molecule has 0 aromatic rings. The summed E-state index contributed by atoms with van der Waals surface area (Å²) in [5.74, 6) is 0. The fraction of sp³-hybridized carbons (Fsp3) is 0. The summed E-state index contributed by atoms with van der Waals surface area (Å²) in [6, 6.07) is 0. The van der Waals surface area contributed by atoms with Gasteiger partial charge in [-0.15, -0.1) is 0 Å². The van der Waals surface area contributed by atoms with Crippen molar-refractivity contribution in [2.24, 2.45) is 0 Å². The number of hydrogen-bond donors (Lipinski definition) is 4. The Hall–Kier alpha value is 1.50. The zero-order chi connectivity index (χ0) is 4.50. The Balaban J connectivity index is -0.0000000800. The van der Waals surface area contributed by atoms with Gasteiger partial charge in [-0.3, -0.25) is 0 Å². The molecule has 5 nitrogen and oxygen atoms in total. The average molecular weight is 204 g/mol. The van der Waals surface area contributed by atoms with Crippen LogP contribution in [0.25, 0.3) is 0 Å². The summed E-state index contributed by atoms with van der Waals surface area (Å²) < 4.78 is 0. The first-order valence-electron chi connectivity index (χ1n) is 0.894. The van der Waals surface area contributed by atoms with Crippen LogP contribution in [0.4, 0.5) is 0 Å². The topological polar surface area (TPSA) is 112 Å². The fourth-order valence-electron chi connectivity index (χ4n) is 0. The van der Waals surface area contributed by atoms with Gasteiger partial charge in [0.05, 0.1) is 0 Å². The monoisotopic (exact) mass is 204 g/mol. The quantitative estimate of drug-likeness (QED) is 0.298. The maximum absolute atomic E-state index is 7.33. The van der Waals surface area contributed by atoms with Gasteiger partial charge in [-0.1, -0.05) is 0 Å². The average Bonchev–Trinajstić information content (AvgIpc) is 0.722. The molecule has 7 heavy (non-hydrogen) atoms. The van der Waals surface area contributed by atoms with Crippen LogP contribution in [0.15, 0.2) is 0 Å². The van der Waals surface area contributed by atoms with E-state index in [2.05, 4.69) is 0 Å². The van der Waals surface area contributed by atoms with Gasteiger partial charge < -0.3 is 24.7 Å². The fourth-order valence-corrected chi connectivity index (χ4v) is 0. The predicted octanol–water partition coefficient (Wildman–Crippen LogP) is -4.35. The first kappa shape index (κ1) is 15.8. The van der Waals surface area contributed by atoms with Gasteiger partial charge in [-0.05, 0) is 0 Å². The first-order valence-corrected chi connectivity index (χ1v) is 2.68. The van der Waals surface area contributed by atoms with Gasteiger partial charge in [0.25, 0.3) is 0 Å². The molecule has 6 N–H and O–H groups in total. The zero-order valence-electron chi connectivity index (χ0n) is 2.79. The van der Waals surface area contributed by atoms with Gasteiger partial charge in [-0.2, -0.15) is 0 Å². The van der Waals surface area contributed by atoms with E-state index in [1.54, 1.807) is 0 Å². The molecule has 0 aliphatic carbocycles. The van der Waals surface area contributed by atoms with Crippen molar-refractivity contribution in [1.82, 2.24) is 0 Å². The molecular weight excluding hydrogens is 196 g/mol. The first-order chi connectivity index (χ1) is 2.00. The molecule has 0 spiro atoms. The molecule has 0 atom stereocenters. The van der Waals surface area contributed by atoms with Crippen molar-refractivity contribution in [2.45, 2.75) is 0 Å². The Bertz CT molecular complexity index is 23.6. The summed E-state index contributed by atoms with van der Waals surface area (Å²) in [7, 11) is -4.61. The van der Waals surface area contributed by atoms with E-state index in [1.165, 1.54) is 0 Å². The van der Waals surface area contributed by atoms with E-state index in [0.717, 1.165) is 0 Å². The van der Waals surface area contributed by atoms with Crippen molar-refractivity contribution in [3.8, 4) is 0 Å². The molecule has 0 rings (SSSR count). The van der Waals surface area contributed by atoms with Crippen molar-refractivity contribution < 1.29 is 24.7 Å². The molecule has 0 fully saturated rings. The van der Waals surface area contributed by atoms with Gasteiger partial charge in [0, 0.05) is 0 Å². The standard InChI is InChI=1S/H4O4Si.H2O.Sr.2H/c1-5(2,3)4;;;;/h1-4H;1H2;;;. The van der Waals surface area contributed by atoms with Crippen LogP contribution in [-0.4, -0.2) is 79.2 Å². The SMILES string of the molecule is O.O[Si](O)(O)O.[SrH2]. The third-order valence-corrected chi connectivity index (χ3v) is 0. The van der Waals surface area contributed by atoms with E-state index < -0.39 is 9.05 Å². The zero-order valence-corrected chi connectivity index (χ0v) is 3.79. The molecule has 0 saturated heterocycles. The molecule has 0 bridgehead atoms. The van der Waals surface area contributed by atoms with Crippen molar-refractivity contribution in [3.63, 3.8) is 0 Å². The number of rotatable bonds is 0. The second kappa shape index (κ2) is 5.63. The van der Waals surface area contributed by atoms with Crippen LogP contribution in [-0.2, 0) is 0 Å². The number of hydrogen-bond acceptors (Lipinski definition) is 4. The molecule has 0 heterocycles. The summed E-state index contributed by atoms with van der Waals surface area (Å²) in [5.41, 5.74) is 0. The minimum atomic E-state index is -4.61. The third kappa shape index (κ3) is 101. The van der Waals surface area contributed by atoms with Crippen molar-refractivity contribution >= 4 is 54.5 Å². The van der Waals surface area contributed by atoms with E-state index in [4.69, 9.17) is 19.2 Å². The molecule has 0 amide bonds. The second-order valence-corrected chi connectivity index (χ2v) is 1.80. The molecule has 44 valence electrons. The molecule has 0 aliphatic rings. The van der Waals surface area contributed by atoms with Crippen LogP contribution >= 0.6 is 0 Å². The molecule has 0 aromatic heterocycles. The summed E-state index contributed by atoms with van der Waals surface area (Å²) in [4.78, 5) is 29.3. The van der Waals surface area contributed by atoms with E-state index >= 15 is 0 Å². The molecule has 0 aliphatic heterocycles. The van der Waals surface area contributed by atoms with Gasteiger partial charge in [-0.25, -0.2) is 0 Å². The van der Waals surface area contributed by atoms with Crippen molar-refractivity contribution in [3.05, 3.63) is 0 Å². The van der Waals surface area contributed by atoms with E-state index in [9.17, 15) is 0 Å². The Kier molecular flexibility index (Phi) is 12.7. The predicted molar refractivity (Wildman–Crippen MR) is 26.8 cm³/mol. The van der Waals surface area contributed by atoms with Crippen LogP contribution in [0.2, 0.25) is 0 Å². The Morgan fingerprint density at radius 3 is 0.857 bits per heavy atom. The van der Waals surface area contributed by atoms with Crippen LogP contribution in [0.3, 0.4) is 0 Å². The van der Waals surface area contributed by atoms with Crippen LogP contribution in [0, 0.1) is 0 Å². The van der Waals surface area contributed by atoms with Crippen molar-refractivity contribution in [2.75, 3.05) is 0 Å². The Morgan fingerprint density at radius 2 is 0.857 bits per heavy atom. The van der Waals surface area contributed by atoms with E-state index in [-0.39, 0.29) is 51.0 Å². The molecule has 0 radical (unpaired) electrons. The van der Waals surface area contributed by atoms with Gasteiger partial charge >= 0.3 is 54.5 Å². The minimum absolute atomic E-state index is 0. The molecular formula is H8O5SiSr. The third-order valence-electron chi connectivity index (χ3n) is 0. The molecule has 0 unspecified atom stereocenters. The second-order valence-electron chi connectivity index (χ2n) is 0.600. The molecule has 0 aromatic carbocycles. The summed E-state index contributed by atoms with van der Waals surface area (Å²) in [6.07, 6.45) is 0. The van der Waals surface area contributed by atoms with E-state index in [0.29, 0.717) is 0 Å². The summed E-state index contributed by atoms with van der Waals surface area (Å²) in [5, 5.41) is 0. The Labute approximate surface area is 78.3 Å². The summed E-state index contributed by atoms with van der Waals surface area (Å²) in [6.45, 7) is 0. The van der Waals surface area contributed by atoms with Crippen LogP contribution < -0.4 is 0 Å². The Morgan fingerprint density at radius 1 is 0.857 bits per heavy atom. The molecule has 0 saturated carbocycles. The van der Waals surface area contributed by atoms with Gasteiger partial charge in [0.2, 0.25) is 0 Å². The van der Waals surface area contributed by atoms with Crippen molar-refractivity contribution in [1.29, 1.82) is 0 Å². The molecule has 7 heteroatoms. The van der Waals surface area contributed by atoms with Gasteiger partial charge in [0.15, 0.2) is 0 Å². The van der Waals surface area contributed by atoms with E-state index in [1.807, 2.05) is 0 Å². The summed E-state index contributed by atoms with van der Waals surface area (Å²) >= 11 is 0. The normalized spacial score (nSPS) is 8.57. The van der Waals surface area contributed by atoms with Crippen LogP contribution in [0.5, 0.6) is 0 Å². The van der Waals surface area contributed by atoms with Gasteiger partial charge in [0.1, 0.15) is 0 Å². The van der Waals surface area contributed by atoms with Crippen LogP contribution in [0.1, 0.15) is 0 Å². The maximum atomic E-state index is 7.33.